The first-order chi connectivity index (χ1) is 8.70. The Hall–Kier alpha value is -2.17. The zero-order valence-corrected chi connectivity index (χ0v) is 10.2. The summed E-state index contributed by atoms with van der Waals surface area (Å²) in [5, 5.41) is 0. The predicted molar refractivity (Wildman–Crippen MR) is 69.6 cm³/mol. The van der Waals surface area contributed by atoms with Crippen molar-refractivity contribution < 1.29 is 4.39 Å². The van der Waals surface area contributed by atoms with Crippen molar-refractivity contribution in [2.45, 2.75) is 13.5 Å². The highest BCUT2D eigenvalue weighted by molar-refractivity contribution is 5.43. The number of nitrogens with zero attached hydrogens (tertiary/aromatic N) is 3. The molecule has 0 radical (unpaired) electrons. The Balaban J connectivity index is 2.26. The van der Waals surface area contributed by atoms with Crippen molar-refractivity contribution in [2.24, 2.45) is 0 Å². The average molecular weight is 246 g/mol. The van der Waals surface area contributed by atoms with Crippen molar-refractivity contribution in [2.75, 3.05) is 17.2 Å². The molecular formula is C13H15FN4. The van der Waals surface area contributed by atoms with Gasteiger partial charge in [0.05, 0.1) is 6.20 Å². The normalized spacial score (nSPS) is 10.3. The van der Waals surface area contributed by atoms with Gasteiger partial charge in [-0.25, -0.2) is 9.37 Å². The molecule has 5 heteroatoms. The number of hydrogen-bond acceptors (Lipinski definition) is 4. The number of hydrogen-bond donors (Lipinski definition) is 1. The third kappa shape index (κ3) is 2.74. The Kier molecular flexibility index (Phi) is 3.72. The molecule has 1 aromatic carbocycles. The van der Waals surface area contributed by atoms with Crippen LogP contribution in [0.1, 0.15) is 12.5 Å². The number of benzene rings is 1. The summed E-state index contributed by atoms with van der Waals surface area (Å²) >= 11 is 0. The van der Waals surface area contributed by atoms with Gasteiger partial charge in [-0.3, -0.25) is 0 Å². The van der Waals surface area contributed by atoms with E-state index >= 15 is 0 Å². The van der Waals surface area contributed by atoms with Gasteiger partial charge in [0.25, 0.3) is 0 Å². The summed E-state index contributed by atoms with van der Waals surface area (Å²) in [7, 11) is 0. The molecule has 18 heavy (non-hydrogen) atoms. The summed E-state index contributed by atoms with van der Waals surface area (Å²) in [5.41, 5.74) is 6.59. The summed E-state index contributed by atoms with van der Waals surface area (Å²) in [4.78, 5) is 9.41. The number of aromatic nitrogens is 2. The second-order valence-corrected chi connectivity index (χ2v) is 3.90. The molecule has 0 fully saturated rings. The molecule has 2 N–H and O–H groups in total. The van der Waals surface area contributed by atoms with Gasteiger partial charge in [-0.05, 0) is 12.5 Å². The van der Waals surface area contributed by atoms with E-state index in [4.69, 9.17) is 5.73 Å². The van der Waals surface area contributed by atoms with Crippen LogP contribution in [-0.4, -0.2) is 16.5 Å². The summed E-state index contributed by atoms with van der Waals surface area (Å²) in [5.74, 6) is -0.131. The summed E-state index contributed by atoms with van der Waals surface area (Å²) in [6, 6.07) is 9.83. The lowest BCUT2D eigenvalue weighted by molar-refractivity contribution is 0.603. The fourth-order valence-corrected chi connectivity index (χ4v) is 1.73. The van der Waals surface area contributed by atoms with E-state index in [9.17, 15) is 4.39 Å². The van der Waals surface area contributed by atoms with E-state index in [2.05, 4.69) is 9.97 Å². The fraction of sp³-hybridized carbons (Fsp3) is 0.231. The molecule has 0 bridgehead atoms. The van der Waals surface area contributed by atoms with Crippen molar-refractivity contribution in [3.8, 4) is 0 Å². The zero-order chi connectivity index (χ0) is 13.0. The molecule has 94 valence electrons. The standard InChI is InChI=1S/C13H15FN4/c1-2-18(9-10-6-4-3-5-7-10)12-11(14)8-16-13(15)17-12/h3-8H,2,9H2,1H3,(H2,15,16,17). The molecule has 0 aliphatic carbocycles. The third-order valence-electron chi connectivity index (χ3n) is 2.64. The Labute approximate surface area is 105 Å². The van der Waals surface area contributed by atoms with Crippen LogP contribution in [0.3, 0.4) is 0 Å². The van der Waals surface area contributed by atoms with E-state index in [-0.39, 0.29) is 11.8 Å². The minimum absolute atomic E-state index is 0.0814. The molecule has 0 spiro atoms. The molecule has 0 amide bonds. The largest absolute Gasteiger partial charge is 0.368 e. The number of nitrogens with two attached hydrogens (primary N) is 1. The van der Waals surface area contributed by atoms with E-state index in [0.717, 1.165) is 11.8 Å². The van der Waals surface area contributed by atoms with Crippen LogP contribution in [0.4, 0.5) is 16.2 Å². The number of nitrogen functional groups attached to an aromatic ring is 1. The molecule has 0 saturated carbocycles. The quantitative estimate of drug-likeness (QED) is 0.898. The van der Waals surface area contributed by atoms with Gasteiger partial charge in [-0.15, -0.1) is 0 Å². The van der Waals surface area contributed by atoms with Crippen molar-refractivity contribution in [3.63, 3.8) is 0 Å². The Morgan fingerprint density at radius 2 is 2.00 bits per heavy atom. The van der Waals surface area contributed by atoms with Crippen molar-refractivity contribution >= 4 is 11.8 Å². The smallest absolute Gasteiger partial charge is 0.222 e. The van der Waals surface area contributed by atoms with Crippen LogP contribution < -0.4 is 10.6 Å². The van der Waals surface area contributed by atoms with E-state index < -0.39 is 5.82 Å². The number of halogens is 1. The van der Waals surface area contributed by atoms with Crippen LogP contribution in [0.25, 0.3) is 0 Å². The fourth-order valence-electron chi connectivity index (χ4n) is 1.73. The zero-order valence-electron chi connectivity index (χ0n) is 10.2. The first-order valence-electron chi connectivity index (χ1n) is 5.77. The first kappa shape index (κ1) is 12.3. The third-order valence-corrected chi connectivity index (χ3v) is 2.64. The van der Waals surface area contributed by atoms with E-state index in [1.54, 1.807) is 0 Å². The van der Waals surface area contributed by atoms with Crippen molar-refractivity contribution in [3.05, 3.63) is 47.9 Å². The second kappa shape index (κ2) is 5.44. The molecule has 1 aromatic heterocycles. The van der Waals surface area contributed by atoms with Crippen LogP contribution in [-0.2, 0) is 6.54 Å². The molecule has 4 nitrogen and oxygen atoms in total. The van der Waals surface area contributed by atoms with Gasteiger partial charge in [0.2, 0.25) is 5.95 Å². The summed E-state index contributed by atoms with van der Waals surface area (Å²) in [6.45, 7) is 3.17. The highest BCUT2D eigenvalue weighted by Gasteiger charge is 2.13. The minimum Gasteiger partial charge on any atom is -0.368 e. The van der Waals surface area contributed by atoms with Gasteiger partial charge < -0.3 is 10.6 Å². The average Bonchev–Trinajstić information content (AvgIpc) is 2.40. The lowest BCUT2D eigenvalue weighted by Gasteiger charge is -2.22. The lowest BCUT2D eigenvalue weighted by atomic mass is 10.2. The highest BCUT2D eigenvalue weighted by atomic mass is 19.1. The molecule has 0 aliphatic rings. The predicted octanol–water partition coefficient (Wildman–Crippen LogP) is 2.22. The van der Waals surface area contributed by atoms with Crippen molar-refractivity contribution in [1.29, 1.82) is 0 Å². The van der Waals surface area contributed by atoms with Gasteiger partial charge in [0.1, 0.15) is 0 Å². The molecule has 2 rings (SSSR count). The summed E-state index contributed by atoms with van der Waals surface area (Å²) in [6.07, 6.45) is 1.10. The molecular weight excluding hydrogens is 231 g/mol. The molecule has 0 saturated heterocycles. The SMILES string of the molecule is CCN(Cc1ccccc1)c1nc(N)ncc1F. The molecule has 2 aromatic rings. The second-order valence-electron chi connectivity index (χ2n) is 3.90. The molecule has 0 atom stereocenters. The number of anilines is 2. The minimum atomic E-state index is -0.456. The maximum Gasteiger partial charge on any atom is 0.222 e. The number of rotatable bonds is 4. The van der Waals surface area contributed by atoms with Crippen LogP contribution in [0.15, 0.2) is 36.5 Å². The van der Waals surface area contributed by atoms with E-state index in [0.29, 0.717) is 13.1 Å². The highest BCUT2D eigenvalue weighted by Crippen LogP contribution is 2.18. The topological polar surface area (TPSA) is 55.0 Å². The van der Waals surface area contributed by atoms with Crippen LogP contribution >= 0.6 is 0 Å². The van der Waals surface area contributed by atoms with Crippen LogP contribution in [0, 0.1) is 5.82 Å². The van der Waals surface area contributed by atoms with Gasteiger partial charge in [-0.2, -0.15) is 4.98 Å². The molecule has 1 heterocycles. The van der Waals surface area contributed by atoms with E-state index in [1.807, 2.05) is 42.2 Å². The summed E-state index contributed by atoms with van der Waals surface area (Å²) < 4.78 is 13.7. The Morgan fingerprint density at radius 1 is 1.28 bits per heavy atom. The van der Waals surface area contributed by atoms with Gasteiger partial charge in [-0.1, -0.05) is 30.3 Å². The molecule has 0 aliphatic heterocycles. The van der Waals surface area contributed by atoms with Gasteiger partial charge in [0, 0.05) is 13.1 Å². The maximum absolute atomic E-state index is 13.7. The Bertz CT molecular complexity index is 516. The molecule has 0 unspecified atom stereocenters. The van der Waals surface area contributed by atoms with Gasteiger partial charge >= 0.3 is 0 Å². The first-order valence-corrected chi connectivity index (χ1v) is 5.77. The van der Waals surface area contributed by atoms with Crippen LogP contribution in [0.2, 0.25) is 0 Å². The monoisotopic (exact) mass is 246 g/mol. The van der Waals surface area contributed by atoms with Crippen molar-refractivity contribution in [1.82, 2.24) is 9.97 Å². The van der Waals surface area contributed by atoms with Crippen LogP contribution in [0.5, 0.6) is 0 Å². The van der Waals surface area contributed by atoms with Gasteiger partial charge in [0.15, 0.2) is 11.6 Å². The maximum atomic E-state index is 13.7. The van der Waals surface area contributed by atoms with E-state index in [1.165, 1.54) is 0 Å². The Morgan fingerprint density at radius 3 is 2.67 bits per heavy atom. The lowest BCUT2D eigenvalue weighted by Crippen LogP contribution is -2.24.